The number of hydrogen-bond acceptors (Lipinski definition) is 4. The van der Waals surface area contributed by atoms with Crippen molar-refractivity contribution in [2.75, 3.05) is 5.32 Å². The number of carbonyl (C=O) groups excluding carboxylic acids is 1. The highest BCUT2D eigenvalue weighted by molar-refractivity contribution is 6.31. The van der Waals surface area contributed by atoms with Crippen molar-refractivity contribution < 1.29 is 18.0 Å². The van der Waals surface area contributed by atoms with Crippen LogP contribution < -0.4 is 5.32 Å². The fourth-order valence-corrected chi connectivity index (χ4v) is 2.46. The van der Waals surface area contributed by atoms with E-state index in [1.54, 1.807) is 24.3 Å². The number of alkyl halides is 3. The molecular formula is C17H11ClF3N5O. The van der Waals surface area contributed by atoms with Crippen molar-refractivity contribution >= 4 is 29.3 Å². The van der Waals surface area contributed by atoms with Crippen LogP contribution >= 0.6 is 11.6 Å². The molecule has 1 amide bonds. The summed E-state index contributed by atoms with van der Waals surface area (Å²) in [6, 6.07) is 10.1. The van der Waals surface area contributed by atoms with Crippen molar-refractivity contribution in [3.63, 3.8) is 0 Å². The van der Waals surface area contributed by atoms with E-state index in [2.05, 4.69) is 25.9 Å². The molecule has 0 bridgehead atoms. The van der Waals surface area contributed by atoms with Gasteiger partial charge in [-0.2, -0.15) is 18.4 Å². The van der Waals surface area contributed by atoms with Crippen LogP contribution in [-0.2, 0) is 11.0 Å². The third-order valence-corrected chi connectivity index (χ3v) is 3.79. The number of nitrogens with one attached hydrogen (secondary N) is 2. The standard InChI is InChI=1S/C17H11ClF3N5O/c18-14-6-4-10(8-13(14)17(19,20)21)5-7-15(27)22-12-3-1-2-11(9-12)16-23-25-26-24-16/h1-9H,(H,22,27)(H,23,24,25,26). The number of tetrazole rings is 1. The summed E-state index contributed by atoms with van der Waals surface area (Å²) in [5.41, 5.74) is 0.346. The molecule has 0 aliphatic rings. The Bertz CT molecular complexity index is 986. The smallest absolute Gasteiger partial charge is 0.322 e. The lowest BCUT2D eigenvalue weighted by Crippen LogP contribution is -2.08. The first-order valence-corrected chi connectivity index (χ1v) is 7.90. The fourth-order valence-electron chi connectivity index (χ4n) is 2.24. The highest BCUT2D eigenvalue weighted by Gasteiger charge is 2.33. The third-order valence-electron chi connectivity index (χ3n) is 3.46. The Morgan fingerprint density at radius 2 is 2.00 bits per heavy atom. The van der Waals surface area contributed by atoms with Crippen molar-refractivity contribution in [1.29, 1.82) is 0 Å². The van der Waals surface area contributed by atoms with Gasteiger partial charge in [0.1, 0.15) is 0 Å². The van der Waals surface area contributed by atoms with Gasteiger partial charge < -0.3 is 5.32 Å². The molecule has 1 heterocycles. The monoisotopic (exact) mass is 393 g/mol. The summed E-state index contributed by atoms with van der Waals surface area (Å²) in [5.74, 6) is -0.147. The lowest BCUT2D eigenvalue weighted by atomic mass is 10.1. The second-order valence-electron chi connectivity index (χ2n) is 5.38. The van der Waals surface area contributed by atoms with Gasteiger partial charge in [0.2, 0.25) is 11.7 Å². The van der Waals surface area contributed by atoms with Crippen LogP contribution in [0.3, 0.4) is 0 Å². The van der Waals surface area contributed by atoms with Crippen molar-refractivity contribution in [1.82, 2.24) is 20.6 Å². The number of aromatic amines is 1. The Morgan fingerprint density at radius 1 is 1.19 bits per heavy atom. The van der Waals surface area contributed by atoms with Crippen LogP contribution in [0.1, 0.15) is 11.1 Å². The summed E-state index contributed by atoms with van der Waals surface area (Å²) in [6.45, 7) is 0. The molecule has 0 saturated heterocycles. The zero-order valence-corrected chi connectivity index (χ0v) is 14.2. The Balaban J connectivity index is 1.72. The van der Waals surface area contributed by atoms with Crippen LogP contribution in [0.2, 0.25) is 5.02 Å². The number of benzene rings is 2. The summed E-state index contributed by atoms with van der Waals surface area (Å²) < 4.78 is 38.6. The number of halogens is 4. The summed E-state index contributed by atoms with van der Waals surface area (Å²) in [5, 5.41) is 15.7. The largest absolute Gasteiger partial charge is 0.417 e. The van der Waals surface area contributed by atoms with Crippen molar-refractivity contribution in [3.8, 4) is 11.4 Å². The molecule has 0 spiro atoms. The van der Waals surface area contributed by atoms with Gasteiger partial charge in [-0.05, 0) is 41.1 Å². The van der Waals surface area contributed by atoms with Crippen LogP contribution in [0.15, 0.2) is 48.5 Å². The van der Waals surface area contributed by atoms with Crippen molar-refractivity contribution in [2.24, 2.45) is 0 Å². The molecule has 0 radical (unpaired) electrons. The average molecular weight is 394 g/mol. The maximum atomic E-state index is 12.9. The molecule has 138 valence electrons. The summed E-state index contributed by atoms with van der Waals surface area (Å²) >= 11 is 5.57. The van der Waals surface area contributed by atoms with Gasteiger partial charge in [0, 0.05) is 17.3 Å². The summed E-state index contributed by atoms with van der Waals surface area (Å²) in [4.78, 5) is 12.0. The van der Waals surface area contributed by atoms with Gasteiger partial charge in [0.05, 0.1) is 10.6 Å². The highest BCUT2D eigenvalue weighted by atomic mass is 35.5. The maximum absolute atomic E-state index is 12.9. The Hall–Kier alpha value is -3.20. The van der Waals surface area contributed by atoms with Crippen LogP contribution in [-0.4, -0.2) is 26.5 Å². The molecule has 3 aromatic rings. The van der Waals surface area contributed by atoms with E-state index in [0.717, 1.165) is 18.2 Å². The second kappa shape index (κ2) is 7.58. The molecule has 0 fully saturated rings. The highest BCUT2D eigenvalue weighted by Crippen LogP contribution is 2.35. The summed E-state index contributed by atoms with van der Waals surface area (Å²) in [7, 11) is 0. The third kappa shape index (κ3) is 4.70. The first-order valence-electron chi connectivity index (χ1n) is 7.52. The van der Waals surface area contributed by atoms with Gasteiger partial charge in [-0.15, -0.1) is 10.2 Å². The number of rotatable bonds is 4. The zero-order valence-electron chi connectivity index (χ0n) is 13.5. The number of nitrogens with zero attached hydrogens (tertiary/aromatic N) is 3. The Morgan fingerprint density at radius 3 is 2.70 bits per heavy atom. The topological polar surface area (TPSA) is 83.6 Å². The number of anilines is 1. The number of aromatic nitrogens is 4. The lowest BCUT2D eigenvalue weighted by Gasteiger charge is -2.09. The van der Waals surface area contributed by atoms with Gasteiger partial charge in [0.25, 0.3) is 0 Å². The Labute approximate surface area is 156 Å². The molecule has 0 saturated carbocycles. The first kappa shape index (κ1) is 18.6. The van der Waals surface area contributed by atoms with E-state index in [1.807, 2.05) is 0 Å². The average Bonchev–Trinajstić information content (AvgIpc) is 3.15. The summed E-state index contributed by atoms with van der Waals surface area (Å²) in [6.07, 6.45) is -2.17. The van der Waals surface area contributed by atoms with Crippen LogP contribution in [0.4, 0.5) is 18.9 Å². The van der Waals surface area contributed by atoms with Crippen LogP contribution in [0, 0.1) is 0 Å². The van der Waals surface area contributed by atoms with E-state index < -0.39 is 22.7 Å². The van der Waals surface area contributed by atoms with E-state index in [4.69, 9.17) is 11.6 Å². The van der Waals surface area contributed by atoms with Gasteiger partial charge >= 0.3 is 6.18 Å². The minimum atomic E-state index is -4.57. The molecule has 10 heteroatoms. The van der Waals surface area contributed by atoms with Crippen molar-refractivity contribution in [3.05, 3.63) is 64.7 Å². The molecule has 2 aromatic carbocycles. The predicted octanol–water partition coefficient (Wildman–Crippen LogP) is 4.19. The molecule has 6 nitrogen and oxygen atoms in total. The molecule has 2 N–H and O–H groups in total. The first-order chi connectivity index (χ1) is 12.8. The minimum absolute atomic E-state index is 0.197. The van der Waals surface area contributed by atoms with Crippen LogP contribution in [0.25, 0.3) is 17.5 Å². The molecule has 27 heavy (non-hydrogen) atoms. The molecule has 1 aromatic heterocycles. The molecule has 0 atom stereocenters. The van der Waals surface area contributed by atoms with Gasteiger partial charge in [-0.1, -0.05) is 29.8 Å². The Kier molecular flexibility index (Phi) is 5.22. The van der Waals surface area contributed by atoms with Crippen LogP contribution in [0.5, 0.6) is 0 Å². The zero-order chi connectivity index (χ0) is 19.4. The molecule has 0 unspecified atom stereocenters. The van der Waals surface area contributed by atoms with Crippen molar-refractivity contribution in [2.45, 2.75) is 6.18 Å². The quantitative estimate of drug-likeness (QED) is 0.651. The fraction of sp³-hybridized carbons (Fsp3) is 0.0588. The van der Waals surface area contributed by atoms with E-state index in [9.17, 15) is 18.0 Å². The number of amides is 1. The SMILES string of the molecule is O=C(C=Cc1ccc(Cl)c(C(F)(F)F)c1)Nc1cccc(-c2nn[nH]n2)c1. The molecule has 3 rings (SSSR count). The maximum Gasteiger partial charge on any atom is 0.417 e. The van der Waals surface area contributed by atoms with Gasteiger partial charge in [-0.3, -0.25) is 4.79 Å². The predicted molar refractivity (Wildman–Crippen MR) is 93.7 cm³/mol. The van der Waals surface area contributed by atoms with E-state index in [1.165, 1.54) is 12.1 Å². The van der Waals surface area contributed by atoms with Gasteiger partial charge in [0.15, 0.2) is 0 Å². The second-order valence-corrected chi connectivity index (χ2v) is 5.78. The lowest BCUT2D eigenvalue weighted by molar-refractivity contribution is -0.137. The van der Waals surface area contributed by atoms with Gasteiger partial charge in [-0.25, -0.2) is 0 Å². The van der Waals surface area contributed by atoms with E-state index in [0.29, 0.717) is 17.1 Å². The normalized spacial score (nSPS) is 11.7. The molecule has 0 aliphatic carbocycles. The van der Waals surface area contributed by atoms with E-state index >= 15 is 0 Å². The number of carbonyl (C=O) groups is 1. The molecular weight excluding hydrogens is 383 g/mol. The minimum Gasteiger partial charge on any atom is -0.322 e. The molecule has 0 aliphatic heterocycles. The number of H-pyrrole nitrogens is 1. The number of hydrogen-bond donors (Lipinski definition) is 2. The van der Waals surface area contributed by atoms with E-state index in [-0.39, 0.29) is 5.56 Å².